The second-order valence-electron chi connectivity index (χ2n) is 3.48. The molecule has 0 aliphatic rings. The van der Waals surface area contributed by atoms with E-state index >= 15 is 0 Å². The molecule has 9 heteroatoms. The van der Waals surface area contributed by atoms with Crippen molar-refractivity contribution in [2.24, 2.45) is 7.05 Å². The Hall–Kier alpha value is -2.45. The summed E-state index contributed by atoms with van der Waals surface area (Å²) >= 11 is 0. The topological polar surface area (TPSA) is 107 Å². The van der Waals surface area contributed by atoms with Gasteiger partial charge in [0, 0.05) is 14.1 Å². The number of aryl methyl sites for hydroxylation is 1. The molecule has 0 aliphatic carbocycles. The molecule has 0 fully saturated rings. The first-order valence-corrected chi connectivity index (χ1v) is 4.55. The zero-order valence-electron chi connectivity index (χ0n) is 9.52. The zero-order valence-corrected chi connectivity index (χ0v) is 9.52. The molecule has 0 aromatic carbocycles. The van der Waals surface area contributed by atoms with Crippen LogP contribution in [0.4, 0.5) is 11.6 Å². The van der Waals surface area contributed by atoms with Crippen molar-refractivity contribution >= 4 is 17.7 Å². The Morgan fingerprint density at radius 2 is 1.88 bits per heavy atom. The molecular weight excluding hydrogens is 230 g/mol. The molecule has 0 unspecified atom stereocenters. The van der Waals surface area contributed by atoms with Gasteiger partial charge in [-0.2, -0.15) is 0 Å². The van der Waals surface area contributed by atoms with E-state index < -0.39 is 21.5 Å². The number of nitro groups is 2. The molecule has 1 aromatic heterocycles. The van der Waals surface area contributed by atoms with Gasteiger partial charge in [0.1, 0.15) is 12.1 Å². The summed E-state index contributed by atoms with van der Waals surface area (Å²) in [5.41, 5.74) is -0.115. The van der Waals surface area contributed by atoms with Gasteiger partial charge in [-0.3, -0.25) is 0 Å². The van der Waals surface area contributed by atoms with E-state index in [0.29, 0.717) is 0 Å². The summed E-state index contributed by atoms with van der Waals surface area (Å²) in [5.74, 6) is -0.938. The standard InChI is InChI=1S/C8H11N5O4/c1-10(2)5-4-6-7(12(14)15)9-11(3)8(6)13(16)17/h4-5H,1-3H3/b5-4+. The summed E-state index contributed by atoms with van der Waals surface area (Å²) in [6.07, 6.45) is 2.78. The van der Waals surface area contributed by atoms with Gasteiger partial charge in [-0.25, -0.2) is 0 Å². The predicted molar refractivity (Wildman–Crippen MR) is 59.2 cm³/mol. The van der Waals surface area contributed by atoms with Gasteiger partial charge >= 0.3 is 11.6 Å². The molecule has 0 aliphatic heterocycles. The van der Waals surface area contributed by atoms with Crippen molar-refractivity contribution in [1.29, 1.82) is 0 Å². The summed E-state index contributed by atoms with van der Waals surface area (Å²) in [4.78, 5) is 21.7. The van der Waals surface area contributed by atoms with Crippen LogP contribution in [0.25, 0.3) is 6.08 Å². The minimum atomic E-state index is -0.748. The number of nitrogens with zero attached hydrogens (tertiary/aromatic N) is 5. The molecule has 17 heavy (non-hydrogen) atoms. The summed E-state index contributed by atoms with van der Waals surface area (Å²) in [5, 5.41) is 25.0. The van der Waals surface area contributed by atoms with Crippen molar-refractivity contribution in [1.82, 2.24) is 14.7 Å². The molecule has 0 bridgehead atoms. The van der Waals surface area contributed by atoms with Crippen LogP contribution in [-0.4, -0.2) is 38.6 Å². The third kappa shape index (κ3) is 2.56. The first kappa shape index (κ1) is 12.6. The lowest BCUT2D eigenvalue weighted by Crippen LogP contribution is -2.01. The Bertz CT molecular complexity index is 490. The highest BCUT2D eigenvalue weighted by molar-refractivity contribution is 5.66. The van der Waals surface area contributed by atoms with Gasteiger partial charge in [0.05, 0.1) is 0 Å². The van der Waals surface area contributed by atoms with Crippen LogP contribution < -0.4 is 0 Å². The molecule has 0 N–H and O–H groups in total. The van der Waals surface area contributed by atoms with Gasteiger partial charge in [-0.15, -0.1) is 0 Å². The number of rotatable bonds is 4. The van der Waals surface area contributed by atoms with E-state index in [1.54, 1.807) is 19.0 Å². The number of hydrogen-bond acceptors (Lipinski definition) is 6. The average molecular weight is 241 g/mol. The maximum Gasteiger partial charge on any atom is 0.427 e. The van der Waals surface area contributed by atoms with E-state index in [0.717, 1.165) is 4.68 Å². The minimum absolute atomic E-state index is 0.115. The molecule has 1 heterocycles. The van der Waals surface area contributed by atoms with E-state index in [4.69, 9.17) is 0 Å². The minimum Gasteiger partial charge on any atom is -0.383 e. The Morgan fingerprint density at radius 3 is 2.29 bits per heavy atom. The van der Waals surface area contributed by atoms with Crippen molar-refractivity contribution in [2.75, 3.05) is 14.1 Å². The summed E-state index contributed by atoms with van der Waals surface area (Å²) in [7, 11) is 4.69. The third-order valence-electron chi connectivity index (χ3n) is 1.92. The second-order valence-corrected chi connectivity index (χ2v) is 3.48. The van der Waals surface area contributed by atoms with E-state index in [-0.39, 0.29) is 5.56 Å². The highest BCUT2D eigenvalue weighted by Gasteiger charge is 2.33. The van der Waals surface area contributed by atoms with Gasteiger partial charge in [0.2, 0.25) is 0 Å². The molecular formula is C8H11N5O4. The average Bonchev–Trinajstić information content (AvgIpc) is 2.52. The summed E-state index contributed by atoms with van der Waals surface area (Å²) in [6.45, 7) is 0. The quantitative estimate of drug-likeness (QED) is 0.569. The van der Waals surface area contributed by atoms with Crippen LogP contribution in [0, 0.1) is 20.2 Å². The van der Waals surface area contributed by atoms with Crippen LogP contribution in [0.3, 0.4) is 0 Å². The highest BCUT2D eigenvalue weighted by Crippen LogP contribution is 2.28. The Labute approximate surface area is 96.2 Å². The molecule has 92 valence electrons. The normalized spacial score (nSPS) is 10.8. The highest BCUT2D eigenvalue weighted by atomic mass is 16.6. The molecule has 0 radical (unpaired) electrons. The Kier molecular flexibility index (Phi) is 3.41. The van der Waals surface area contributed by atoms with Crippen LogP contribution >= 0.6 is 0 Å². The first-order valence-electron chi connectivity index (χ1n) is 4.55. The van der Waals surface area contributed by atoms with E-state index in [9.17, 15) is 20.2 Å². The maximum absolute atomic E-state index is 10.8. The monoisotopic (exact) mass is 241 g/mol. The SMILES string of the molecule is CN(C)/C=C/c1c([N+](=O)[O-])nn(C)c1[N+](=O)[O-]. The van der Waals surface area contributed by atoms with E-state index in [2.05, 4.69) is 5.10 Å². The van der Waals surface area contributed by atoms with Gasteiger partial charge in [-0.05, 0) is 26.8 Å². The van der Waals surface area contributed by atoms with E-state index in [1.807, 2.05) is 0 Å². The van der Waals surface area contributed by atoms with Crippen molar-refractivity contribution in [3.8, 4) is 0 Å². The van der Waals surface area contributed by atoms with Crippen molar-refractivity contribution in [2.45, 2.75) is 0 Å². The van der Waals surface area contributed by atoms with Gasteiger partial charge < -0.3 is 25.1 Å². The third-order valence-corrected chi connectivity index (χ3v) is 1.92. The van der Waals surface area contributed by atoms with Crippen molar-refractivity contribution in [3.63, 3.8) is 0 Å². The van der Waals surface area contributed by atoms with Crippen LogP contribution in [-0.2, 0) is 7.05 Å². The smallest absolute Gasteiger partial charge is 0.383 e. The largest absolute Gasteiger partial charge is 0.427 e. The molecule has 1 aromatic rings. The van der Waals surface area contributed by atoms with E-state index in [1.165, 1.54) is 19.3 Å². The molecule has 0 spiro atoms. The molecule has 0 atom stereocenters. The van der Waals surface area contributed by atoms with Crippen LogP contribution in [0.2, 0.25) is 0 Å². The van der Waals surface area contributed by atoms with Gasteiger partial charge in [0.25, 0.3) is 0 Å². The van der Waals surface area contributed by atoms with Crippen LogP contribution in [0.5, 0.6) is 0 Å². The van der Waals surface area contributed by atoms with Gasteiger partial charge in [0.15, 0.2) is 5.56 Å². The lowest BCUT2D eigenvalue weighted by Gasteiger charge is -2.01. The summed E-state index contributed by atoms with van der Waals surface area (Å²) < 4.78 is 0.882. The Morgan fingerprint density at radius 1 is 1.29 bits per heavy atom. The first-order chi connectivity index (χ1) is 7.84. The van der Waals surface area contributed by atoms with Gasteiger partial charge in [-0.1, -0.05) is 0 Å². The fraction of sp³-hybridized carbons (Fsp3) is 0.375. The maximum atomic E-state index is 10.8. The number of aromatic nitrogens is 2. The van der Waals surface area contributed by atoms with Crippen LogP contribution in [0.15, 0.2) is 6.20 Å². The molecule has 0 amide bonds. The zero-order chi connectivity index (χ0) is 13.2. The molecule has 0 saturated carbocycles. The van der Waals surface area contributed by atoms with Crippen molar-refractivity contribution in [3.05, 3.63) is 32.0 Å². The van der Waals surface area contributed by atoms with Crippen molar-refractivity contribution < 1.29 is 9.85 Å². The van der Waals surface area contributed by atoms with Crippen LogP contribution in [0.1, 0.15) is 5.56 Å². The number of hydrogen-bond donors (Lipinski definition) is 0. The molecule has 1 rings (SSSR count). The lowest BCUT2D eigenvalue weighted by molar-refractivity contribution is -0.395. The lowest BCUT2D eigenvalue weighted by atomic mass is 10.3. The fourth-order valence-corrected chi connectivity index (χ4v) is 1.24. The summed E-state index contributed by atoms with van der Waals surface area (Å²) in [6, 6.07) is 0. The fourth-order valence-electron chi connectivity index (χ4n) is 1.24. The molecule has 9 nitrogen and oxygen atoms in total. The predicted octanol–water partition coefficient (Wildman–Crippen LogP) is 0.769. The second kappa shape index (κ2) is 4.60. The molecule has 0 saturated heterocycles. The Balaban J connectivity index is 3.40.